The zero-order valence-corrected chi connectivity index (χ0v) is 20.8. The Labute approximate surface area is 205 Å². The zero-order valence-electron chi connectivity index (χ0n) is 20.0. The van der Waals surface area contributed by atoms with Crippen LogP contribution in [-0.2, 0) is 28.5 Å². The number of rotatable bonds is 20. The quantitative estimate of drug-likeness (QED) is 0.161. The van der Waals surface area contributed by atoms with Gasteiger partial charge in [-0.05, 0) is 12.8 Å². The van der Waals surface area contributed by atoms with Gasteiger partial charge in [0.15, 0.2) is 0 Å². The number of ether oxygens (including phenoxy) is 4. The molecule has 0 aromatic carbocycles. The molecule has 3 unspecified atom stereocenters. The molecule has 3 N–H and O–H groups in total. The van der Waals surface area contributed by atoms with E-state index in [2.05, 4.69) is 10.6 Å². The molecule has 0 radical (unpaired) electrons. The number of carbonyl (C=O) groups is 3. The van der Waals surface area contributed by atoms with Crippen molar-refractivity contribution in [2.75, 3.05) is 72.2 Å². The number of nitrogens with one attached hydrogen (secondary N) is 2. The van der Waals surface area contributed by atoms with E-state index < -0.39 is 5.97 Å². The second-order valence-electron chi connectivity index (χ2n) is 8.22. The van der Waals surface area contributed by atoms with Gasteiger partial charge in [0.05, 0.1) is 71.4 Å². The van der Waals surface area contributed by atoms with Gasteiger partial charge >= 0.3 is 12.0 Å². The van der Waals surface area contributed by atoms with Crippen LogP contribution in [0.25, 0.3) is 0 Å². The molecule has 34 heavy (non-hydrogen) atoms. The highest BCUT2D eigenvalue weighted by Crippen LogP contribution is 2.36. The van der Waals surface area contributed by atoms with Crippen molar-refractivity contribution < 1.29 is 38.4 Å². The Bertz CT molecular complexity index is 627. The van der Waals surface area contributed by atoms with Crippen molar-refractivity contribution in [1.82, 2.24) is 15.5 Å². The van der Waals surface area contributed by atoms with Gasteiger partial charge in [0.1, 0.15) is 0 Å². The van der Waals surface area contributed by atoms with Gasteiger partial charge in [-0.2, -0.15) is 11.8 Å². The molecule has 2 aliphatic heterocycles. The first-order valence-electron chi connectivity index (χ1n) is 11.9. The molecule has 0 aliphatic carbocycles. The van der Waals surface area contributed by atoms with E-state index >= 15 is 0 Å². The molecule has 0 aromatic heterocycles. The third kappa shape index (κ3) is 11.2. The number of carboxylic acid groups (broad SMARTS) is 1. The highest BCUT2D eigenvalue weighted by Gasteiger charge is 2.46. The summed E-state index contributed by atoms with van der Waals surface area (Å²) in [5.41, 5.74) is 0. The molecule has 2 fully saturated rings. The predicted molar refractivity (Wildman–Crippen MR) is 127 cm³/mol. The lowest BCUT2D eigenvalue weighted by molar-refractivity contribution is -0.138. The number of likely N-dealkylation sites (N-methyl/N-ethyl adjacent to an activating group) is 1. The molecule has 0 spiro atoms. The number of carbonyl (C=O) groups excluding carboxylic acids is 2. The van der Waals surface area contributed by atoms with Gasteiger partial charge in [-0.1, -0.05) is 6.42 Å². The van der Waals surface area contributed by atoms with Crippen molar-refractivity contribution in [3.8, 4) is 0 Å². The van der Waals surface area contributed by atoms with Crippen LogP contribution >= 0.6 is 11.8 Å². The number of urea groups is 1. The number of carboxylic acids is 1. The minimum Gasteiger partial charge on any atom is -0.481 e. The van der Waals surface area contributed by atoms with Crippen molar-refractivity contribution in [1.29, 1.82) is 0 Å². The number of amides is 3. The average molecular weight is 506 g/mol. The minimum atomic E-state index is -0.877. The SMILES string of the molecule is CN1C(=O)NC2CSC(CCCCC(=O)NCCOCCOCCOCCOCCC(=O)O)C21. The average Bonchev–Trinajstić information content (AvgIpc) is 3.33. The Hall–Kier alpha value is -1.60. The number of fused-ring (bicyclic) bond motifs is 1. The summed E-state index contributed by atoms with van der Waals surface area (Å²) in [6, 6.07) is 0.561. The van der Waals surface area contributed by atoms with Crippen LogP contribution in [0.5, 0.6) is 0 Å². The third-order valence-electron chi connectivity index (χ3n) is 5.65. The summed E-state index contributed by atoms with van der Waals surface area (Å²) >= 11 is 1.92. The third-order valence-corrected chi connectivity index (χ3v) is 7.14. The fourth-order valence-electron chi connectivity index (χ4n) is 3.88. The van der Waals surface area contributed by atoms with Gasteiger partial charge in [0, 0.05) is 31.0 Å². The van der Waals surface area contributed by atoms with Crippen LogP contribution in [0, 0.1) is 0 Å². The number of nitrogens with zero attached hydrogens (tertiary/aromatic N) is 1. The van der Waals surface area contributed by atoms with Gasteiger partial charge in [-0.25, -0.2) is 4.79 Å². The maximum Gasteiger partial charge on any atom is 0.317 e. The fraction of sp³-hybridized carbons (Fsp3) is 0.864. The van der Waals surface area contributed by atoms with Crippen LogP contribution in [0.15, 0.2) is 0 Å². The number of thioether (sulfide) groups is 1. The smallest absolute Gasteiger partial charge is 0.317 e. The lowest BCUT2D eigenvalue weighted by Gasteiger charge is -2.23. The first kappa shape index (κ1) is 28.6. The first-order chi connectivity index (χ1) is 16.5. The molecule has 0 saturated carbocycles. The normalized spacial score (nSPS) is 21.5. The van der Waals surface area contributed by atoms with Crippen LogP contribution in [-0.4, -0.2) is 117 Å². The molecule has 12 heteroatoms. The molecule has 3 atom stereocenters. The molecular formula is C22H39N3O8S. The number of aliphatic carboxylic acids is 1. The summed E-state index contributed by atoms with van der Waals surface area (Å²) in [6.07, 6.45) is 3.34. The first-order valence-corrected chi connectivity index (χ1v) is 13.0. The van der Waals surface area contributed by atoms with E-state index in [0.717, 1.165) is 25.0 Å². The molecule has 3 amide bonds. The molecule has 0 bridgehead atoms. The molecule has 2 saturated heterocycles. The second-order valence-corrected chi connectivity index (χ2v) is 9.49. The van der Waals surface area contributed by atoms with Crippen LogP contribution in [0.1, 0.15) is 32.1 Å². The monoisotopic (exact) mass is 505 g/mol. The van der Waals surface area contributed by atoms with Crippen LogP contribution < -0.4 is 10.6 Å². The summed E-state index contributed by atoms with van der Waals surface area (Å²) in [5, 5.41) is 14.8. The van der Waals surface area contributed by atoms with Crippen molar-refractivity contribution in [3.63, 3.8) is 0 Å². The van der Waals surface area contributed by atoms with Crippen LogP contribution in [0.3, 0.4) is 0 Å². The number of hydrogen-bond acceptors (Lipinski definition) is 8. The number of unbranched alkanes of at least 4 members (excludes halogenated alkanes) is 1. The Morgan fingerprint density at radius 2 is 1.62 bits per heavy atom. The molecule has 196 valence electrons. The lowest BCUT2D eigenvalue weighted by atomic mass is 10.0. The van der Waals surface area contributed by atoms with Crippen molar-refractivity contribution in [2.24, 2.45) is 0 Å². The Balaban J connectivity index is 1.30. The van der Waals surface area contributed by atoms with Gasteiger partial charge < -0.3 is 39.6 Å². The highest BCUT2D eigenvalue weighted by atomic mass is 32.2. The second kappa shape index (κ2) is 16.9. The maximum atomic E-state index is 12.0. The van der Waals surface area contributed by atoms with E-state index in [1.165, 1.54) is 0 Å². The summed E-state index contributed by atoms with van der Waals surface area (Å²) in [4.78, 5) is 35.8. The highest BCUT2D eigenvalue weighted by molar-refractivity contribution is 8.00. The Morgan fingerprint density at radius 1 is 1.00 bits per heavy atom. The maximum absolute atomic E-state index is 12.0. The van der Waals surface area contributed by atoms with E-state index in [1.807, 2.05) is 23.7 Å². The van der Waals surface area contributed by atoms with E-state index in [-0.39, 0.29) is 37.0 Å². The van der Waals surface area contributed by atoms with E-state index in [1.54, 1.807) is 0 Å². The van der Waals surface area contributed by atoms with Gasteiger partial charge in [-0.15, -0.1) is 0 Å². The predicted octanol–water partition coefficient (Wildman–Crippen LogP) is 0.712. The van der Waals surface area contributed by atoms with E-state index in [4.69, 9.17) is 24.1 Å². The molecule has 0 aromatic rings. The standard InChI is InChI=1S/C22H39N3O8S/c1-25-21-17(24-22(25)29)16-34-18(21)4-2-3-5-19(26)23-7-9-31-11-13-33-15-14-32-12-10-30-8-6-20(27)28/h17-18,21H,2-16H2,1H3,(H,23,26)(H,24,29)(H,27,28). The molecular weight excluding hydrogens is 466 g/mol. The molecule has 11 nitrogen and oxygen atoms in total. The van der Waals surface area contributed by atoms with Gasteiger partial charge in [0.25, 0.3) is 0 Å². The molecule has 2 aliphatic rings. The summed E-state index contributed by atoms with van der Waals surface area (Å²) in [7, 11) is 1.86. The summed E-state index contributed by atoms with van der Waals surface area (Å²) in [5.74, 6) is 0.130. The van der Waals surface area contributed by atoms with Gasteiger partial charge in [0.2, 0.25) is 5.91 Å². The van der Waals surface area contributed by atoms with Crippen molar-refractivity contribution >= 4 is 29.7 Å². The van der Waals surface area contributed by atoms with Crippen LogP contribution in [0.4, 0.5) is 4.79 Å². The Morgan fingerprint density at radius 3 is 2.26 bits per heavy atom. The van der Waals surface area contributed by atoms with E-state index in [9.17, 15) is 14.4 Å². The number of hydrogen-bond donors (Lipinski definition) is 3. The van der Waals surface area contributed by atoms with Crippen LogP contribution in [0.2, 0.25) is 0 Å². The van der Waals surface area contributed by atoms with Crippen molar-refractivity contribution in [3.05, 3.63) is 0 Å². The lowest BCUT2D eigenvalue weighted by Crippen LogP contribution is -2.38. The molecule has 2 rings (SSSR count). The fourth-order valence-corrected chi connectivity index (χ4v) is 5.52. The van der Waals surface area contributed by atoms with Gasteiger partial charge in [-0.3, -0.25) is 9.59 Å². The topological polar surface area (TPSA) is 136 Å². The molecule has 2 heterocycles. The minimum absolute atomic E-state index is 0.00555. The largest absolute Gasteiger partial charge is 0.481 e. The summed E-state index contributed by atoms with van der Waals surface area (Å²) < 4.78 is 21.2. The Kier molecular flexibility index (Phi) is 14.3. The van der Waals surface area contributed by atoms with Crippen molar-refractivity contribution in [2.45, 2.75) is 49.4 Å². The summed E-state index contributed by atoms with van der Waals surface area (Å²) in [6.45, 7) is 3.64. The van der Waals surface area contributed by atoms with E-state index in [0.29, 0.717) is 64.5 Å². The zero-order chi connectivity index (χ0) is 24.6.